The molecular weight excluding hydrogens is 349 g/mol. The number of nitrogens with two attached hydrogens (primary N) is 1. The summed E-state index contributed by atoms with van der Waals surface area (Å²) in [4.78, 5) is 24.3. The van der Waals surface area contributed by atoms with Crippen molar-refractivity contribution in [2.45, 2.75) is 6.92 Å². The number of carbonyl (C=O) groups is 1. The number of fused-ring (bicyclic) bond motifs is 1. The van der Waals surface area contributed by atoms with Crippen LogP contribution in [0, 0.1) is 5.82 Å². The van der Waals surface area contributed by atoms with E-state index in [1.807, 2.05) is 16.8 Å². The summed E-state index contributed by atoms with van der Waals surface area (Å²) in [7, 11) is 1.81. The van der Waals surface area contributed by atoms with Crippen LogP contribution in [0.25, 0.3) is 11.0 Å². The highest BCUT2D eigenvalue weighted by Gasteiger charge is 2.23. The fourth-order valence-electron chi connectivity index (χ4n) is 3.30. The fourth-order valence-corrected chi connectivity index (χ4v) is 3.30. The summed E-state index contributed by atoms with van der Waals surface area (Å²) in [5, 5.41) is 4.89. The number of nitrogen functional groups attached to an aromatic ring is 1. The molecule has 0 atom stereocenters. The summed E-state index contributed by atoms with van der Waals surface area (Å²) in [6.45, 7) is 3.93. The van der Waals surface area contributed by atoms with Gasteiger partial charge >= 0.3 is 0 Å². The summed E-state index contributed by atoms with van der Waals surface area (Å²) >= 11 is 0. The molecule has 0 unspecified atom stereocenters. The zero-order valence-electron chi connectivity index (χ0n) is 15.2. The molecule has 1 aliphatic heterocycles. The van der Waals surface area contributed by atoms with E-state index in [4.69, 9.17) is 5.73 Å². The minimum Gasteiger partial charge on any atom is -0.383 e. The highest BCUT2D eigenvalue weighted by Crippen LogP contribution is 2.25. The monoisotopic (exact) mass is 369 g/mol. The number of Topliss-reactive ketones (excluding diaryl/α,β-unsaturated/α-hetero) is 1. The number of hydrogen-bond donors (Lipinski definition) is 1. The van der Waals surface area contributed by atoms with Crippen molar-refractivity contribution in [2.75, 3.05) is 41.7 Å². The highest BCUT2D eigenvalue weighted by atomic mass is 19.1. The Morgan fingerprint density at radius 3 is 2.52 bits per heavy atom. The molecular formula is C18H20FN7O. The van der Waals surface area contributed by atoms with Gasteiger partial charge in [-0.05, 0) is 25.1 Å². The predicted molar refractivity (Wildman–Crippen MR) is 102 cm³/mol. The zero-order valence-corrected chi connectivity index (χ0v) is 15.2. The topological polar surface area (TPSA) is 93.2 Å². The Labute approximate surface area is 155 Å². The molecule has 0 radical (unpaired) electrons. The molecule has 27 heavy (non-hydrogen) atoms. The Hall–Kier alpha value is -3.23. The lowest BCUT2D eigenvalue weighted by Gasteiger charge is -2.36. The Morgan fingerprint density at radius 2 is 1.85 bits per heavy atom. The van der Waals surface area contributed by atoms with Crippen LogP contribution in [0.15, 0.2) is 24.4 Å². The lowest BCUT2D eigenvalue weighted by molar-refractivity contribution is 0.101. The van der Waals surface area contributed by atoms with Crippen LogP contribution in [0.1, 0.15) is 17.3 Å². The van der Waals surface area contributed by atoms with Gasteiger partial charge in [-0.2, -0.15) is 15.1 Å². The Kier molecular flexibility index (Phi) is 4.14. The fraction of sp³-hybridized carbons (Fsp3) is 0.333. The molecule has 0 spiro atoms. The number of carbonyl (C=O) groups excluding carboxylic acids is 1. The van der Waals surface area contributed by atoms with Crippen molar-refractivity contribution in [2.24, 2.45) is 7.05 Å². The smallest absolute Gasteiger partial charge is 0.229 e. The summed E-state index contributed by atoms with van der Waals surface area (Å²) in [6, 6.07) is 4.62. The van der Waals surface area contributed by atoms with E-state index in [0.717, 1.165) is 5.39 Å². The van der Waals surface area contributed by atoms with Gasteiger partial charge in [0.05, 0.1) is 17.3 Å². The molecule has 9 heteroatoms. The number of rotatable bonds is 3. The third kappa shape index (κ3) is 3.05. The molecule has 0 amide bonds. The third-order valence-electron chi connectivity index (χ3n) is 4.87. The molecule has 140 valence electrons. The second kappa shape index (κ2) is 6.49. The van der Waals surface area contributed by atoms with Gasteiger partial charge in [-0.15, -0.1) is 0 Å². The lowest BCUT2D eigenvalue weighted by atomic mass is 10.1. The molecule has 0 aliphatic carbocycles. The van der Waals surface area contributed by atoms with Gasteiger partial charge in [0.2, 0.25) is 5.95 Å². The number of ketones is 1. The molecule has 2 aromatic heterocycles. The van der Waals surface area contributed by atoms with Crippen molar-refractivity contribution in [3.05, 3.63) is 35.8 Å². The average molecular weight is 369 g/mol. The Bertz CT molecular complexity index is 1020. The first kappa shape index (κ1) is 17.2. The summed E-state index contributed by atoms with van der Waals surface area (Å²) in [5.74, 6) is 0.422. The van der Waals surface area contributed by atoms with E-state index in [1.54, 1.807) is 23.0 Å². The van der Waals surface area contributed by atoms with Gasteiger partial charge < -0.3 is 15.5 Å². The first-order valence-corrected chi connectivity index (χ1v) is 8.69. The van der Waals surface area contributed by atoms with Crippen molar-refractivity contribution in [1.29, 1.82) is 0 Å². The van der Waals surface area contributed by atoms with Crippen molar-refractivity contribution in [3.8, 4) is 0 Å². The number of hydrogen-bond acceptors (Lipinski definition) is 7. The molecule has 2 N–H and O–H groups in total. The lowest BCUT2D eigenvalue weighted by Crippen LogP contribution is -2.47. The van der Waals surface area contributed by atoms with E-state index < -0.39 is 0 Å². The number of anilines is 3. The molecule has 1 saturated heterocycles. The largest absolute Gasteiger partial charge is 0.383 e. The molecule has 0 bridgehead atoms. The van der Waals surface area contributed by atoms with Crippen LogP contribution in [-0.4, -0.2) is 51.7 Å². The van der Waals surface area contributed by atoms with Gasteiger partial charge in [-0.1, -0.05) is 0 Å². The van der Waals surface area contributed by atoms with Crippen LogP contribution in [-0.2, 0) is 7.05 Å². The SMILES string of the molecule is CC(=O)c1ccc(N2CCN(c3nc(N)c4cnn(C)c4n3)CC2)c(F)c1. The van der Waals surface area contributed by atoms with Crippen LogP contribution in [0.3, 0.4) is 0 Å². The van der Waals surface area contributed by atoms with Crippen molar-refractivity contribution in [1.82, 2.24) is 19.7 Å². The van der Waals surface area contributed by atoms with Crippen LogP contribution < -0.4 is 15.5 Å². The quantitative estimate of drug-likeness (QED) is 0.701. The van der Waals surface area contributed by atoms with E-state index in [9.17, 15) is 9.18 Å². The average Bonchev–Trinajstić information content (AvgIpc) is 3.03. The number of aryl methyl sites for hydroxylation is 1. The van der Waals surface area contributed by atoms with Crippen LogP contribution in [0.4, 0.5) is 21.8 Å². The highest BCUT2D eigenvalue weighted by molar-refractivity contribution is 5.94. The van der Waals surface area contributed by atoms with Gasteiger partial charge in [0, 0.05) is 38.8 Å². The first-order valence-electron chi connectivity index (χ1n) is 8.69. The van der Waals surface area contributed by atoms with Gasteiger partial charge in [-0.25, -0.2) is 4.39 Å². The van der Waals surface area contributed by atoms with Crippen molar-refractivity contribution in [3.63, 3.8) is 0 Å². The van der Waals surface area contributed by atoms with E-state index in [2.05, 4.69) is 15.1 Å². The van der Waals surface area contributed by atoms with E-state index in [1.165, 1.54) is 13.0 Å². The van der Waals surface area contributed by atoms with Gasteiger partial charge in [0.25, 0.3) is 0 Å². The Balaban J connectivity index is 1.52. The van der Waals surface area contributed by atoms with Crippen LogP contribution in [0.5, 0.6) is 0 Å². The standard InChI is InChI=1S/C18H20FN7O/c1-11(27)12-3-4-15(14(19)9-12)25-5-7-26(8-6-25)18-22-16(20)13-10-21-24(2)17(13)23-18/h3-4,9-10H,5-8H2,1-2H3,(H2,20,22,23). The number of benzene rings is 1. The maximum Gasteiger partial charge on any atom is 0.229 e. The van der Waals surface area contributed by atoms with E-state index >= 15 is 0 Å². The third-order valence-corrected chi connectivity index (χ3v) is 4.87. The number of halogens is 1. The second-order valence-corrected chi connectivity index (χ2v) is 6.61. The first-order chi connectivity index (χ1) is 12.9. The molecule has 4 rings (SSSR count). The summed E-state index contributed by atoms with van der Waals surface area (Å²) in [6.07, 6.45) is 1.65. The molecule has 1 aromatic carbocycles. The predicted octanol–water partition coefficient (Wildman–Crippen LogP) is 1.61. The molecule has 0 saturated carbocycles. The summed E-state index contributed by atoms with van der Waals surface area (Å²) < 4.78 is 16.1. The molecule has 3 heterocycles. The maximum atomic E-state index is 14.4. The second-order valence-electron chi connectivity index (χ2n) is 6.61. The minimum absolute atomic E-state index is 0.148. The number of nitrogens with zero attached hydrogens (tertiary/aromatic N) is 6. The maximum absolute atomic E-state index is 14.4. The van der Waals surface area contributed by atoms with Crippen molar-refractivity contribution >= 4 is 34.3 Å². The van der Waals surface area contributed by atoms with E-state index in [0.29, 0.717) is 54.8 Å². The normalized spacial score (nSPS) is 14.8. The summed E-state index contributed by atoms with van der Waals surface area (Å²) in [5.41, 5.74) is 7.60. The van der Waals surface area contributed by atoms with Crippen LogP contribution >= 0.6 is 0 Å². The minimum atomic E-state index is -0.382. The van der Waals surface area contributed by atoms with Gasteiger partial charge in [0.1, 0.15) is 11.6 Å². The number of aromatic nitrogens is 4. The molecule has 1 fully saturated rings. The Morgan fingerprint density at radius 1 is 1.15 bits per heavy atom. The molecule has 3 aromatic rings. The number of piperazine rings is 1. The van der Waals surface area contributed by atoms with Gasteiger partial charge in [-0.3, -0.25) is 9.48 Å². The molecule has 1 aliphatic rings. The van der Waals surface area contributed by atoms with E-state index in [-0.39, 0.29) is 11.6 Å². The van der Waals surface area contributed by atoms with Gasteiger partial charge in [0.15, 0.2) is 11.4 Å². The molecule has 8 nitrogen and oxygen atoms in total. The zero-order chi connectivity index (χ0) is 19.1. The van der Waals surface area contributed by atoms with Crippen molar-refractivity contribution < 1.29 is 9.18 Å². The van der Waals surface area contributed by atoms with Crippen LogP contribution in [0.2, 0.25) is 0 Å².